The van der Waals surface area contributed by atoms with Gasteiger partial charge in [0, 0.05) is 6.20 Å². The molecule has 1 rings (SSSR count). The van der Waals surface area contributed by atoms with E-state index in [0.29, 0.717) is 6.42 Å². The van der Waals surface area contributed by atoms with Gasteiger partial charge in [0.15, 0.2) is 0 Å². The topological polar surface area (TPSA) is 42.3 Å². The maximum Gasteiger partial charge on any atom is 0.133 e. The number of hydrogen-bond donors (Lipinski definition) is 0. The zero-order chi connectivity index (χ0) is 8.10. The van der Waals surface area contributed by atoms with Crippen molar-refractivity contribution >= 4 is 0 Å². The van der Waals surface area contributed by atoms with E-state index in [2.05, 4.69) is 10.2 Å². The van der Waals surface area contributed by atoms with Gasteiger partial charge in [-0.25, -0.2) is 0 Å². The molecule has 0 bridgehead atoms. The van der Waals surface area contributed by atoms with Crippen LogP contribution in [0.25, 0.3) is 0 Å². The first-order valence-electron chi connectivity index (χ1n) is 3.62. The second kappa shape index (κ2) is 3.81. The summed E-state index contributed by atoms with van der Waals surface area (Å²) in [5.74, 6) is 0. The van der Waals surface area contributed by atoms with Crippen LogP contribution in [0.3, 0.4) is 0 Å². The average Bonchev–Trinajstić information content (AvgIpc) is 2.09. The van der Waals surface area contributed by atoms with Gasteiger partial charge in [0.25, 0.3) is 0 Å². The second-order valence-electron chi connectivity index (χ2n) is 2.28. The summed E-state index contributed by atoms with van der Waals surface area (Å²) in [6.45, 7) is 1.92. The highest BCUT2D eigenvalue weighted by atomic mass is 16.3. The molecule has 0 fully saturated rings. The molecule has 1 unspecified atom stereocenters. The molecule has 0 saturated heterocycles. The van der Waals surface area contributed by atoms with E-state index >= 15 is 0 Å². The Kier molecular flexibility index (Phi) is 2.72. The van der Waals surface area contributed by atoms with E-state index in [0.717, 1.165) is 5.69 Å². The third-order valence-electron chi connectivity index (χ3n) is 1.54. The lowest BCUT2D eigenvalue weighted by Gasteiger charge is -2.02. The fraction of sp³-hybridized carbons (Fsp3) is 0.375. The Hall–Kier alpha value is -1.25. The van der Waals surface area contributed by atoms with Crippen LogP contribution in [0.4, 0.5) is 0 Å². The Bertz CT molecular complexity index is 223. The molecule has 0 amide bonds. The normalized spacial score (nSPS) is 12.5. The molecule has 0 N–H and O–H groups in total. The van der Waals surface area contributed by atoms with Crippen molar-refractivity contribution in [2.24, 2.45) is 5.18 Å². The van der Waals surface area contributed by atoms with Gasteiger partial charge in [-0.15, -0.1) is 0 Å². The first-order chi connectivity index (χ1) is 5.38. The van der Waals surface area contributed by atoms with Crippen molar-refractivity contribution in [3.05, 3.63) is 35.0 Å². The molecule has 0 aliphatic carbocycles. The molecule has 0 spiro atoms. The van der Waals surface area contributed by atoms with Crippen molar-refractivity contribution in [1.82, 2.24) is 4.98 Å². The van der Waals surface area contributed by atoms with Crippen molar-refractivity contribution in [2.45, 2.75) is 19.4 Å². The molecule has 0 radical (unpaired) electrons. The molecule has 0 aliphatic rings. The highest BCUT2D eigenvalue weighted by Crippen LogP contribution is 2.16. The van der Waals surface area contributed by atoms with Gasteiger partial charge in [0.2, 0.25) is 0 Å². The second-order valence-corrected chi connectivity index (χ2v) is 2.28. The summed E-state index contributed by atoms with van der Waals surface area (Å²) in [4.78, 5) is 14.3. The van der Waals surface area contributed by atoms with Gasteiger partial charge in [-0.1, -0.05) is 18.2 Å². The largest absolute Gasteiger partial charge is 0.259 e. The minimum Gasteiger partial charge on any atom is -0.259 e. The lowest BCUT2D eigenvalue weighted by atomic mass is 10.1. The van der Waals surface area contributed by atoms with Gasteiger partial charge >= 0.3 is 0 Å². The number of hydrogen-bond acceptors (Lipinski definition) is 3. The van der Waals surface area contributed by atoms with Crippen LogP contribution in [-0.4, -0.2) is 4.98 Å². The first-order valence-corrected chi connectivity index (χ1v) is 3.62. The molecule has 0 aliphatic heterocycles. The van der Waals surface area contributed by atoms with Crippen molar-refractivity contribution < 1.29 is 0 Å². The molecule has 3 nitrogen and oxygen atoms in total. The molecule has 58 valence electrons. The van der Waals surface area contributed by atoms with E-state index < -0.39 is 0 Å². The first kappa shape index (κ1) is 7.85. The fourth-order valence-electron chi connectivity index (χ4n) is 0.911. The number of rotatable bonds is 3. The minimum absolute atomic E-state index is 0.281. The molecule has 3 heteroatoms. The summed E-state index contributed by atoms with van der Waals surface area (Å²) in [7, 11) is 0. The third kappa shape index (κ3) is 1.83. The Morgan fingerprint density at radius 3 is 2.91 bits per heavy atom. The Morgan fingerprint density at radius 2 is 2.45 bits per heavy atom. The van der Waals surface area contributed by atoms with Gasteiger partial charge in [-0.3, -0.25) is 4.98 Å². The predicted molar refractivity (Wildman–Crippen MR) is 43.1 cm³/mol. The zero-order valence-corrected chi connectivity index (χ0v) is 6.40. The number of nitroso groups, excluding NO2 is 1. The van der Waals surface area contributed by atoms with E-state index in [1.807, 2.05) is 25.1 Å². The van der Waals surface area contributed by atoms with E-state index in [9.17, 15) is 4.91 Å². The van der Waals surface area contributed by atoms with Crippen LogP contribution < -0.4 is 0 Å². The van der Waals surface area contributed by atoms with Gasteiger partial charge in [-0.2, -0.15) is 4.91 Å². The van der Waals surface area contributed by atoms with Crippen molar-refractivity contribution in [1.29, 1.82) is 0 Å². The molecule has 0 saturated carbocycles. The smallest absolute Gasteiger partial charge is 0.133 e. The van der Waals surface area contributed by atoms with Crippen molar-refractivity contribution in [2.75, 3.05) is 0 Å². The summed E-state index contributed by atoms with van der Waals surface area (Å²) in [5.41, 5.74) is 0.755. The molecule has 11 heavy (non-hydrogen) atoms. The number of nitrogens with zero attached hydrogens (tertiary/aromatic N) is 2. The van der Waals surface area contributed by atoms with Crippen LogP contribution in [0.15, 0.2) is 29.6 Å². The molecular weight excluding hydrogens is 140 g/mol. The molecule has 1 aromatic rings. The number of pyridine rings is 1. The summed E-state index contributed by atoms with van der Waals surface area (Å²) in [6.07, 6.45) is 2.38. The van der Waals surface area contributed by atoms with Gasteiger partial charge in [0.1, 0.15) is 6.04 Å². The quantitative estimate of drug-likeness (QED) is 0.620. The van der Waals surface area contributed by atoms with E-state index in [4.69, 9.17) is 0 Å². The Balaban J connectivity index is 2.82. The SMILES string of the molecule is CCC(N=O)c1ccccn1. The van der Waals surface area contributed by atoms with E-state index in [-0.39, 0.29) is 6.04 Å². The minimum atomic E-state index is -0.281. The fourth-order valence-corrected chi connectivity index (χ4v) is 0.911. The van der Waals surface area contributed by atoms with Crippen LogP contribution in [0, 0.1) is 4.91 Å². The summed E-state index contributed by atoms with van der Waals surface area (Å²) in [6, 6.07) is 5.21. The van der Waals surface area contributed by atoms with E-state index in [1.54, 1.807) is 6.20 Å². The maximum atomic E-state index is 10.2. The van der Waals surface area contributed by atoms with Gasteiger partial charge < -0.3 is 0 Å². The number of aromatic nitrogens is 1. The lowest BCUT2D eigenvalue weighted by molar-refractivity contribution is 0.672. The molecule has 1 heterocycles. The van der Waals surface area contributed by atoms with Crippen LogP contribution in [0.2, 0.25) is 0 Å². The highest BCUT2D eigenvalue weighted by molar-refractivity contribution is 5.08. The van der Waals surface area contributed by atoms with Gasteiger partial charge in [-0.05, 0) is 18.6 Å². The van der Waals surface area contributed by atoms with Crippen LogP contribution in [0.5, 0.6) is 0 Å². The van der Waals surface area contributed by atoms with Crippen LogP contribution >= 0.6 is 0 Å². The standard InChI is InChI=1S/C8H10N2O/c1-2-7(10-11)8-5-3-4-6-9-8/h3-7H,2H2,1H3. The average molecular weight is 150 g/mol. The maximum absolute atomic E-state index is 10.2. The van der Waals surface area contributed by atoms with Crippen LogP contribution in [-0.2, 0) is 0 Å². The Morgan fingerprint density at radius 1 is 1.64 bits per heavy atom. The Labute approximate surface area is 65.4 Å². The zero-order valence-electron chi connectivity index (χ0n) is 6.40. The molecule has 1 atom stereocenters. The molecular formula is C8H10N2O. The summed E-state index contributed by atoms with van der Waals surface area (Å²) >= 11 is 0. The molecule has 1 aromatic heterocycles. The van der Waals surface area contributed by atoms with Crippen molar-refractivity contribution in [3.8, 4) is 0 Å². The third-order valence-corrected chi connectivity index (χ3v) is 1.54. The van der Waals surface area contributed by atoms with Gasteiger partial charge in [0.05, 0.1) is 5.69 Å². The monoisotopic (exact) mass is 150 g/mol. The lowest BCUT2D eigenvalue weighted by Crippen LogP contribution is -1.94. The molecule has 0 aromatic carbocycles. The predicted octanol–water partition coefficient (Wildman–Crippen LogP) is 2.30. The highest BCUT2D eigenvalue weighted by Gasteiger charge is 2.08. The van der Waals surface area contributed by atoms with E-state index in [1.165, 1.54) is 0 Å². The summed E-state index contributed by atoms with van der Waals surface area (Å²) in [5, 5.41) is 2.96. The summed E-state index contributed by atoms with van der Waals surface area (Å²) < 4.78 is 0. The van der Waals surface area contributed by atoms with Crippen LogP contribution in [0.1, 0.15) is 25.1 Å². The van der Waals surface area contributed by atoms with Crippen molar-refractivity contribution in [3.63, 3.8) is 0 Å².